The highest BCUT2D eigenvalue weighted by atomic mass is 32.1. The van der Waals surface area contributed by atoms with Crippen molar-refractivity contribution in [2.24, 2.45) is 11.7 Å². The highest BCUT2D eigenvalue weighted by Gasteiger charge is 2.24. The number of benzene rings is 1. The smallest absolute Gasteiger partial charge is 0.182 e. The minimum Gasteiger partial charge on any atom is -0.389 e. The molecule has 0 amide bonds. The molecule has 1 aromatic carbocycles. The van der Waals surface area contributed by atoms with Crippen LogP contribution in [0.2, 0.25) is 0 Å². The van der Waals surface area contributed by atoms with Gasteiger partial charge in [0.05, 0.1) is 11.8 Å². The summed E-state index contributed by atoms with van der Waals surface area (Å²) in [5.74, 6) is -1.65. The Labute approximate surface area is 116 Å². The zero-order chi connectivity index (χ0) is 14.0. The quantitative estimate of drug-likeness (QED) is 0.835. The monoisotopic (exact) mass is 286 g/mol. The molecular weight excluding hydrogens is 270 g/mol. The topological polar surface area (TPSA) is 47.3 Å². The Balaban J connectivity index is 2.09. The minimum absolute atomic E-state index is 0.0735. The Morgan fingerprint density at radius 1 is 1.47 bits per heavy atom. The van der Waals surface area contributed by atoms with Crippen LogP contribution in [-0.2, 0) is 4.74 Å². The minimum atomic E-state index is -1.01. The third-order valence-electron chi connectivity index (χ3n) is 3.44. The maximum atomic E-state index is 13.8. The standard InChI is InChI=1S/C13H16F2N2OS/c1-7-8(4-5-18-7)6-17-10-3-2-9(13(16)19)11(14)12(10)15/h2-3,7-8,17H,4-6H2,1H3,(H2,16,19). The van der Waals surface area contributed by atoms with Crippen LogP contribution < -0.4 is 11.1 Å². The SMILES string of the molecule is CC1OCCC1CNc1ccc(C(N)=S)c(F)c1F. The molecular formula is C13H16F2N2OS. The Bertz CT molecular complexity index is 496. The Morgan fingerprint density at radius 2 is 2.21 bits per heavy atom. The first-order valence-corrected chi connectivity index (χ1v) is 6.54. The summed E-state index contributed by atoms with van der Waals surface area (Å²) < 4.78 is 32.9. The van der Waals surface area contributed by atoms with Crippen LogP contribution in [0.5, 0.6) is 0 Å². The average Bonchev–Trinajstić information content (AvgIpc) is 2.76. The number of ether oxygens (including phenoxy) is 1. The fraction of sp³-hybridized carbons (Fsp3) is 0.462. The molecule has 1 aliphatic heterocycles. The first-order valence-electron chi connectivity index (χ1n) is 6.14. The van der Waals surface area contributed by atoms with E-state index in [-0.39, 0.29) is 22.3 Å². The third-order valence-corrected chi connectivity index (χ3v) is 3.66. The summed E-state index contributed by atoms with van der Waals surface area (Å²) in [5.41, 5.74) is 5.36. The van der Waals surface area contributed by atoms with E-state index in [1.807, 2.05) is 6.92 Å². The molecule has 2 unspecified atom stereocenters. The number of anilines is 1. The van der Waals surface area contributed by atoms with Gasteiger partial charge in [-0.25, -0.2) is 8.78 Å². The Kier molecular flexibility index (Phi) is 4.31. The summed E-state index contributed by atoms with van der Waals surface area (Å²) in [6.45, 7) is 3.24. The van der Waals surface area contributed by atoms with Crippen molar-refractivity contribution < 1.29 is 13.5 Å². The maximum absolute atomic E-state index is 13.8. The van der Waals surface area contributed by atoms with Crippen molar-refractivity contribution in [3.63, 3.8) is 0 Å². The zero-order valence-electron chi connectivity index (χ0n) is 10.6. The lowest BCUT2D eigenvalue weighted by atomic mass is 10.0. The van der Waals surface area contributed by atoms with Gasteiger partial charge in [0.2, 0.25) is 0 Å². The molecule has 1 aliphatic rings. The largest absolute Gasteiger partial charge is 0.389 e. The first-order chi connectivity index (χ1) is 9.00. The van der Waals surface area contributed by atoms with E-state index in [0.29, 0.717) is 19.1 Å². The molecule has 1 aromatic rings. The van der Waals surface area contributed by atoms with Crippen molar-refractivity contribution >= 4 is 22.9 Å². The molecule has 0 saturated carbocycles. The molecule has 2 atom stereocenters. The van der Waals surface area contributed by atoms with Crippen LogP contribution in [0.1, 0.15) is 18.9 Å². The molecule has 3 nitrogen and oxygen atoms in total. The summed E-state index contributed by atoms with van der Waals surface area (Å²) in [5, 5.41) is 2.91. The van der Waals surface area contributed by atoms with Crippen molar-refractivity contribution in [2.75, 3.05) is 18.5 Å². The maximum Gasteiger partial charge on any atom is 0.182 e. The van der Waals surface area contributed by atoms with Gasteiger partial charge in [-0.15, -0.1) is 0 Å². The average molecular weight is 286 g/mol. The highest BCUT2D eigenvalue weighted by Crippen LogP contribution is 2.24. The van der Waals surface area contributed by atoms with E-state index < -0.39 is 11.6 Å². The summed E-state index contributed by atoms with van der Waals surface area (Å²) in [4.78, 5) is -0.152. The van der Waals surface area contributed by atoms with Crippen LogP contribution in [-0.4, -0.2) is 24.2 Å². The molecule has 1 saturated heterocycles. The zero-order valence-corrected chi connectivity index (χ0v) is 11.4. The molecule has 0 radical (unpaired) electrons. The fourth-order valence-electron chi connectivity index (χ4n) is 2.16. The second kappa shape index (κ2) is 5.79. The van der Waals surface area contributed by atoms with Gasteiger partial charge in [-0.3, -0.25) is 0 Å². The number of rotatable bonds is 4. The van der Waals surface area contributed by atoms with Crippen LogP contribution in [0, 0.1) is 17.6 Å². The molecule has 0 aliphatic carbocycles. The Hall–Kier alpha value is -1.27. The van der Waals surface area contributed by atoms with E-state index in [2.05, 4.69) is 17.5 Å². The van der Waals surface area contributed by atoms with Crippen molar-refractivity contribution in [1.29, 1.82) is 0 Å². The van der Waals surface area contributed by atoms with E-state index in [9.17, 15) is 8.78 Å². The van der Waals surface area contributed by atoms with Crippen LogP contribution in [0.25, 0.3) is 0 Å². The molecule has 104 valence electrons. The predicted octanol–water partition coefficient (Wildman–Crippen LogP) is 2.44. The molecule has 0 spiro atoms. The van der Waals surface area contributed by atoms with Gasteiger partial charge >= 0.3 is 0 Å². The molecule has 3 N–H and O–H groups in total. The first kappa shape index (κ1) is 14.1. The molecule has 19 heavy (non-hydrogen) atoms. The van der Waals surface area contributed by atoms with E-state index in [1.54, 1.807) is 0 Å². The normalized spacial score (nSPS) is 22.5. The second-order valence-corrected chi connectivity index (χ2v) is 5.10. The van der Waals surface area contributed by atoms with Gasteiger partial charge in [0, 0.05) is 24.6 Å². The number of nitrogens with two attached hydrogens (primary N) is 1. The summed E-state index contributed by atoms with van der Waals surface area (Å²) in [7, 11) is 0. The van der Waals surface area contributed by atoms with Crippen molar-refractivity contribution in [3.05, 3.63) is 29.3 Å². The van der Waals surface area contributed by atoms with Gasteiger partial charge in [-0.2, -0.15) is 0 Å². The molecule has 2 rings (SSSR count). The van der Waals surface area contributed by atoms with E-state index in [0.717, 1.165) is 6.42 Å². The molecule has 1 fully saturated rings. The van der Waals surface area contributed by atoms with E-state index in [4.69, 9.17) is 10.5 Å². The summed E-state index contributed by atoms with van der Waals surface area (Å²) in [6, 6.07) is 2.84. The number of thiocarbonyl (C=S) groups is 1. The predicted molar refractivity (Wildman–Crippen MR) is 74.3 cm³/mol. The lowest BCUT2D eigenvalue weighted by Crippen LogP contribution is -2.21. The fourth-order valence-corrected chi connectivity index (χ4v) is 2.32. The van der Waals surface area contributed by atoms with Gasteiger partial charge in [-0.1, -0.05) is 12.2 Å². The van der Waals surface area contributed by atoms with Gasteiger partial charge < -0.3 is 15.8 Å². The lowest BCUT2D eigenvalue weighted by Gasteiger charge is -2.16. The number of halogens is 2. The van der Waals surface area contributed by atoms with Crippen molar-refractivity contribution in [3.8, 4) is 0 Å². The van der Waals surface area contributed by atoms with E-state index in [1.165, 1.54) is 12.1 Å². The van der Waals surface area contributed by atoms with Gasteiger partial charge in [0.1, 0.15) is 4.99 Å². The lowest BCUT2D eigenvalue weighted by molar-refractivity contribution is 0.108. The van der Waals surface area contributed by atoms with Gasteiger partial charge in [0.15, 0.2) is 11.6 Å². The molecule has 0 aromatic heterocycles. The highest BCUT2D eigenvalue weighted by molar-refractivity contribution is 7.80. The van der Waals surface area contributed by atoms with Crippen molar-refractivity contribution in [1.82, 2.24) is 0 Å². The van der Waals surface area contributed by atoms with Gasteiger partial charge in [0.25, 0.3) is 0 Å². The summed E-state index contributed by atoms with van der Waals surface area (Å²) in [6.07, 6.45) is 1.06. The van der Waals surface area contributed by atoms with Crippen LogP contribution in [0.15, 0.2) is 12.1 Å². The number of nitrogens with one attached hydrogen (secondary N) is 1. The molecule has 6 heteroatoms. The van der Waals surface area contributed by atoms with Crippen LogP contribution in [0.3, 0.4) is 0 Å². The summed E-state index contributed by atoms with van der Waals surface area (Å²) >= 11 is 4.65. The van der Waals surface area contributed by atoms with Gasteiger partial charge in [-0.05, 0) is 25.5 Å². The van der Waals surface area contributed by atoms with E-state index >= 15 is 0 Å². The van der Waals surface area contributed by atoms with Crippen molar-refractivity contribution in [2.45, 2.75) is 19.4 Å². The molecule has 0 bridgehead atoms. The van der Waals surface area contributed by atoms with Crippen LogP contribution >= 0.6 is 12.2 Å². The third kappa shape index (κ3) is 3.01. The second-order valence-electron chi connectivity index (χ2n) is 4.66. The number of hydrogen-bond acceptors (Lipinski definition) is 3. The molecule has 1 heterocycles. The number of hydrogen-bond donors (Lipinski definition) is 2. The van der Waals surface area contributed by atoms with Crippen LogP contribution in [0.4, 0.5) is 14.5 Å². The Morgan fingerprint density at radius 3 is 2.79 bits per heavy atom.